The van der Waals surface area contributed by atoms with E-state index < -0.39 is 12.0 Å². The zero-order chi connectivity index (χ0) is 11.9. The first kappa shape index (κ1) is 11.1. The molecule has 0 aromatic carbocycles. The average Bonchev–Trinajstić information content (AvgIpc) is 2.67. The number of carboxylic acids is 1. The molecule has 2 amide bonds. The topological polar surface area (TPSA) is 74.7 Å². The van der Waals surface area contributed by atoms with Gasteiger partial charge >= 0.3 is 5.97 Å². The van der Waals surface area contributed by atoms with Crippen molar-refractivity contribution in [3.05, 3.63) is 0 Å². The Morgan fingerprint density at radius 1 is 1.38 bits per heavy atom. The Morgan fingerprint density at radius 3 is 2.25 bits per heavy atom. The third-order valence-electron chi connectivity index (χ3n) is 3.59. The van der Waals surface area contributed by atoms with Gasteiger partial charge in [-0.1, -0.05) is 6.92 Å². The largest absolute Gasteiger partial charge is 0.480 e. The summed E-state index contributed by atoms with van der Waals surface area (Å²) in [6, 6.07) is -0.983. The predicted molar refractivity (Wildman–Crippen MR) is 54.4 cm³/mol. The van der Waals surface area contributed by atoms with E-state index in [0.29, 0.717) is 6.42 Å². The number of hydrogen-bond donors (Lipinski definition) is 1. The van der Waals surface area contributed by atoms with E-state index in [1.165, 1.54) is 0 Å². The first-order valence-corrected chi connectivity index (χ1v) is 5.66. The molecular weight excluding hydrogens is 210 g/mol. The highest BCUT2D eigenvalue weighted by Gasteiger charge is 2.48. The molecule has 16 heavy (non-hydrogen) atoms. The Hall–Kier alpha value is -1.39. The van der Waals surface area contributed by atoms with Gasteiger partial charge in [0.2, 0.25) is 11.8 Å². The summed E-state index contributed by atoms with van der Waals surface area (Å²) in [6.07, 6.45) is 2.33. The summed E-state index contributed by atoms with van der Waals surface area (Å²) < 4.78 is 0. The molecule has 2 aliphatic rings. The van der Waals surface area contributed by atoms with Gasteiger partial charge in [-0.3, -0.25) is 14.5 Å². The minimum atomic E-state index is -1.09. The third-order valence-corrected chi connectivity index (χ3v) is 3.59. The molecule has 0 spiro atoms. The first-order valence-electron chi connectivity index (χ1n) is 5.66. The standard InChI is InChI=1S/C11H15NO4/c1-2-8(11(15)16)12-9(13)6-3-4-7(5-6)10(12)14/h6-8H,2-5H2,1H3,(H,15,16). The molecule has 0 aromatic rings. The summed E-state index contributed by atoms with van der Waals surface area (Å²) in [4.78, 5) is 35.9. The Balaban J connectivity index is 2.28. The molecule has 2 rings (SSSR count). The van der Waals surface area contributed by atoms with Crippen LogP contribution >= 0.6 is 0 Å². The van der Waals surface area contributed by atoms with Gasteiger partial charge < -0.3 is 5.11 Å². The highest BCUT2D eigenvalue weighted by atomic mass is 16.4. The van der Waals surface area contributed by atoms with E-state index in [4.69, 9.17) is 5.11 Å². The van der Waals surface area contributed by atoms with Crippen LogP contribution in [0.15, 0.2) is 0 Å². The molecule has 0 aromatic heterocycles. The summed E-state index contributed by atoms with van der Waals surface area (Å²) in [5.41, 5.74) is 0. The van der Waals surface area contributed by atoms with E-state index in [-0.39, 0.29) is 30.1 Å². The highest BCUT2D eigenvalue weighted by molar-refractivity contribution is 6.03. The normalized spacial score (nSPS) is 30.7. The molecule has 2 fully saturated rings. The van der Waals surface area contributed by atoms with Gasteiger partial charge in [0.1, 0.15) is 6.04 Å². The van der Waals surface area contributed by atoms with Crippen LogP contribution in [-0.4, -0.2) is 33.8 Å². The van der Waals surface area contributed by atoms with Gasteiger partial charge in [-0.05, 0) is 25.7 Å². The second kappa shape index (κ2) is 3.88. The van der Waals surface area contributed by atoms with Crippen molar-refractivity contribution in [3.63, 3.8) is 0 Å². The van der Waals surface area contributed by atoms with Gasteiger partial charge in [-0.2, -0.15) is 0 Å². The molecule has 1 heterocycles. The second-order valence-electron chi connectivity index (χ2n) is 4.52. The van der Waals surface area contributed by atoms with Crippen LogP contribution in [-0.2, 0) is 14.4 Å². The highest BCUT2D eigenvalue weighted by Crippen LogP contribution is 2.39. The van der Waals surface area contributed by atoms with Crippen LogP contribution in [0.2, 0.25) is 0 Å². The number of imide groups is 1. The Bertz CT molecular complexity index is 330. The molecule has 1 aliphatic heterocycles. The smallest absolute Gasteiger partial charge is 0.326 e. The van der Waals surface area contributed by atoms with Crippen LogP contribution in [0.25, 0.3) is 0 Å². The lowest BCUT2D eigenvalue weighted by molar-refractivity contribution is -0.163. The molecule has 0 radical (unpaired) electrons. The molecule has 1 aliphatic carbocycles. The SMILES string of the molecule is CCC(C(=O)O)N1C(=O)C2CCC(C2)C1=O. The second-order valence-corrected chi connectivity index (χ2v) is 4.52. The molecule has 5 heteroatoms. The van der Waals surface area contributed by atoms with Crippen LogP contribution in [0.3, 0.4) is 0 Å². The molecule has 2 bridgehead atoms. The van der Waals surface area contributed by atoms with Crippen molar-refractivity contribution in [2.45, 2.75) is 38.6 Å². The van der Waals surface area contributed by atoms with Crippen LogP contribution in [0.5, 0.6) is 0 Å². The van der Waals surface area contributed by atoms with E-state index >= 15 is 0 Å². The maximum absolute atomic E-state index is 11.9. The van der Waals surface area contributed by atoms with Crippen molar-refractivity contribution in [3.8, 4) is 0 Å². The maximum atomic E-state index is 11.9. The lowest BCUT2D eigenvalue weighted by atomic mass is 9.95. The number of rotatable bonds is 3. The number of amides is 2. The fourth-order valence-electron chi connectivity index (χ4n) is 2.71. The molecule has 5 nitrogen and oxygen atoms in total. The number of carboxylic acid groups (broad SMARTS) is 1. The van der Waals surface area contributed by atoms with Crippen LogP contribution in [0.1, 0.15) is 32.6 Å². The number of hydrogen-bond acceptors (Lipinski definition) is 3. The van der Waals surface area contributed by atoms with Gasteiger partial charge in [0.05, 0.1) is 0 Å². The summed E-state index contributed by atoms with van der Waals surface area (Å²) in [5.74, 6) is -1.92. The van der Waals surface area contributed by atoms with Crippen molar-refractivity contribution in [1.29, 1.82) is 0 Å². The van der Waals surface area contributed by atoms with Gasteiger partial charge in [-0.25, -0.2) is 4.79 Å². The molecule has 88 valence electrons. The Labute approximate surface area is 93.4 Å². The zero-order valence-electron chi connectivity index (χ0n) is 9.18. The minimum absolute atomic E-state index is 0.129. The number of carbonyl (C=O) groups is 3. The van der Waals surface area contributed by atoms with Crippen LogP contribution < -0.4 is 0 Å². The lowest BCUT2D eigenvalue weighted by Gasteiger charge is -2.33. The Kier molecular flexibility index (Phi) is 2.69. The van der Waals surface area contributed by atoms with E-state index in [2.05, 4.69) is 0 Å². The first-order chi connectivity index (χ1) is 7.56. The van der Waals surface area contributed by atoms with Crippen molar-refractivity contribution < 1.29 is 19.5 Å². The van der Waals surface area contributed by atoms with Crippen LogP contribution in [0, 0.1) is 11.8 Å². The summed E-state index contributed by atoms with van der Waals surface area (Å²) >= 11 is 0. The molecular formula is C11H15NO4. The third kappa shape index (κ3) is 1.50. The number of likely N-dealkylation sites (tertiary alicyclic amines) is 1. The molecule has 3 atom stereocenters. The van der Waals surface area contributed by atoms with E-state index in [0.717, 1.165) is 17.7 Å². The molecule has 1 saturated carbocycles. The van der Waals surface area contributed by atoms with E-state index in [9.17, 15) is 14.4 Å². The van der Waals surface area contributed by atoms with Crippen molar-refractivity contribution in [2.24, 2.45) is 11.8 Å². The summed E-state index contributed by atoms with van der Waals surface area (Å²) in [5, 5.41) is 9.01. The number of nitrogens with zero attached hydrogens (tertiary/aromatic N) is 1. The van der Waals surface area contributed by atoms with Gasteiger partial charge in [-0.15, -0.1) is 0 Å². The number of aliphatic carboxylic acids is 1. The van der Waals surface area contributed by atoms with Gasteiger partial charge in [0.15, 0.2) is 0 Å². The fraction of sp³-hybridized carbons (Fsp3) is 0.727. The van der Waals surface area contributed by atoms with Gasteiger partial charge in [0.25, 0.3) is 0 Å². The van der Waals surface area contributed by atoms with Crippen molar-refractivity contribution >= 4 is 17.8 Å². The van der Waals surface area contributed by atoms with E-state index in [1.807, 2.05) is 0 Å². The zero-order valence-corrected chi connectivity index (χ0v) is 9.18. The lowest BCUT2D eigenvalue weighted by Crippen LogP contribution is -2.54. The number of carbonyl (C=O) groups excluding carboxylic acids is 2. The van der Waals surface area contributed by atoms with E-state index in [1.54, 1.807) is 6.92 Å². The maximum Gasteiger partial charge on any atom is 0.326 e. The monoisotopic (exact) mass is 225 g/mol. The molecule has 1 N–H and O–H groups in total. The minimum Gasteiger partial charge on any atom is -0.480 e. The molecule has 3 unspecified atom stereocenters. The average molecular weight is 225 g/mol. The quantitative estimate of drug-likeness (QED) is 0.715. The summed E-state index contributed by atoms with van der Waals surface area (Å²) in [7, 11) is 0. The molecule has 1 saturated heterocycles. The number of fused-ring (bicyclic) bond motifs is 2. The van der Waals surface area contributed by atoms with Crippen molar-refractivity contribution in [1.82, 2.24) is 4.90 Å². The fourth-order valence-corrected chi connectivity index (χ4v) is 2.71. The van der Waals surface area contributed by atoms with Crippen molar-refractivity contribution in [2.75, 3.05) is 0 Å². The van der Waals surface area contributed by atoms with Crippen LogP contribution in [0.4, 0.5) is 0 Å². The Morgan fingerprint density at radius 2 is 1.88 bits per heavy atom. The van der Waals surface area contributed by atoms with Gasteiger partial charge in [0, 0.05) is 11.8 Å². The number of piperidine rings is 1. The summed E-state index contributed by atoms with van der Waals surface area (Å²) in [6.45, 7) is 1.68. The predicted octanol–water partition coefficient (Wildman–Crippen LogP) is 0.635.